The molecule has 0 fully saturated rings. The van der Waals surface area contributed by atoms with E-state index in [-0.39, 0.29) is 17.4 Å². The van der Waals surface area contributed by atoms with Gasteiger partial charge in [-0.05, 0) is 23.9 Å². The van der Waals surface area contributed by atoms with Crippen molar-refractivity contribution >= 4 is 28.8 Å². The molecule has 0 saturated heterocycles. The fraction of sp³-hybridized carbons (Fsp3) is 0.125. The van der Waals surface area contributed by atoms with Crippen LogP contribution in [0.5, 0.6) is 11.6 Å². The van der Waals surface area contributed by atoms with Gasteiger partial charge in [-0.25, -0.2) is 9.97 Å². The summed E-state index contributed by atoms with van der Waals surface area (Å²) in [6.07, 6.45) is 5.71. The first-order valence-corrected chi connectivity index (χ1v) is 8.29. The lowest BCUT2D eigenvalue weighted by Crippen LogP contribution is -2.23. The first-order chi connectivity index (χ1) is 11.6. The number of amides is 1. The van der Waals surface area contributed by atoms with Gasteiger partial charge in [-0.2, -0.15) is 0 Å². The van der Waals surface area contributed by atoms with Gasteiger partial charge in [0.1, 0.15) is 17.6 Å². The van der Waals surface area contributed by atoms with Gasteiger partial charge in [0.15, 0.2) is 0 Å². The predicted octanol–water partition coefficient (Wildman–Crippen LogP) is 3.62. The van der Waals surface area contributed by atoms with Crippen LogP contribution in [0.25, 0.3) is 0 Å². The fourth-order valence-corrected chi connectivity index (χ4v) is 2.97. The molecule has 3 aromatic heterocycles. The Labute approximate surface area is 147 Å². The Morgan fingerprint density at radius 1 is 1.33 bits per heavy atom. The number of nitrogens with zero attached hydrogens (tertiary/aromatic N) is 3. The van der Waals surface area contributed by atoms with E-state index in [1.165, 1.54) is 24.9 Å². The van der Waals surface area contributed by atoms with Gasteiger partial charge in [-0.1, -0.05) is 11.6 Å². The van der Waals surface area contributed by atoms with Crippen LogP contribution in [0.1, 0.15) is 20.8 Å². The molecule has 6 nitrogen and oxygen atoms in total. The molecule has 1 N–H and O–H groups in total. The number of nitrogens with one attached hydrogen (secondary N) is 1. The second kappa shape index (κ2) is 7.37. The highest BCUT2D eigenvalue weighted by Crippen LogP contribution is 2.24. The zero-order chi connectivity index (χ0) is 16.9. The molecule has 0 aliphatic rings. The van der Waals surface area contributed by atoms with E-state index in [1.54, 1.807) is 17.4 Å². The van der Waals surface area contributed by atoms with Gasteiger partial charge in [0, 0.05) is 23.3 Å². The van der Waals surface area contributed by atoms with Gasteiger partial charge < -0.3 is 10.1 Å². The summed E-state index contributed by atoms with van der Waals surface area (Å²) in [4.78, 5) is 25.4. The summed E-state index contributed by atoms with van der Waals surface area (Å²) in [7, 11) is 0. The Morgan fingerprint density at radius 2 is 2.21 bits per heavy atom. The molecule has 1 amide bonds. The highest BCUT2D eigenvalue weighted by molar-refractivity contribution is 7.10. The smallest absolute Gasteiger partial charge is 0.258 e. The largest absolute Gasteiger partial charge is 0.436 e. The van der Waals surface area contributed by atoms with Crippen LogP contribution in [0.2, 0.25) is 5.02 Å². The van der Waals surface area contributed by atoms with E-state index in [0.717, 1.165) is 10.4 Å². The molecule has 0 aromatic carbocycles. The van der Waals surface area contributed by atoms with Gasteiger partial charge in [-0.3, -0.25) is 9.78 Å². The molecule has 0 atom stereocenters. The van der Waals surface area contributed by atoms with Crippen LogP contribution in [-0.2, 0) is 6.54 Å². The summed E-state index contributed by atoms with van der Waals surface area (Å²) in [5.74, 6) is 0.229. The third kappa shape index (κ3) is 3.87. The van der Waals surface area contributed by atoms with E-state index in [9.17, 15) is 4.79 Å². The SMILES string of the molecule is Cc1ccsc1CNC(=O)c1cncnc1Oc1cncc(Cl)c1. The monoisotopic (exact) mass is 360 g/mol. The number of carbonyl (C=O) groups excluding carboxylic acids is 1. The second-order valence-electron chi connectivity index (χ2n) is 4.89. The van der Waals surface area contributed by atoms with Crippen LogP contribution in [0.3, 0.4) is 0 Å². The summed E-state index contributed by atoms with van der Waals surface area (Å²) in [6.45, 7) is 2.44. The van der Waals surface area contributed by atoms with Gasteiger partial charge >= 0.3 is 0 Å². The number of aryl methyl sites for hydroxylation is 1. The average Bonchev–Trinajstić information content (AvgIpc) is 2.98. The molecule has 0 unspecified atom stereocenters. The Hall–Kier alpha value is -2.51. The minimum Gasteiger partial charge on any atom is -0.436 e. The predicted molar refractivity (Wildman–Crippen MR) is 91.6 cm³/mol. The van der Waals surface area contributed by atoms with Crippen molar-refractivity contribution in [1.29, 1.82) is 0 Å². The quantitative estimate of drug-likeness (QED) is 0.752. The molecule has 8 heteroatoms. The van der Waals surface area contributed by atoms with Crippen molar-refractivity contribution in [2.45, 2.75) is 13.5 Å². The lowest BCUT2D eigenvalue weighted by atomic mass is 10.2. The van der Waals surface area contributed by atoms with Crippen molar-refractivity contribution in [3.63, 3.8) is 0 Å². The van der Waals surface area contributed by atoms with Crippen LogP contribution in [-0.4, -0.2) is 20.9 Å². The number of pyridine rings is 1. The molecule has 3 heterocycles. The number of halogens is 1. The molecule has 24 heavy (non-hydrogen) atoms. The summed E-state index contributed by atoms with van der Waals surface area (Å²) in [5.41, 5.74) is 1.39. The van der Waals surface area contributed by atoms with Crippen LogP contribution in [0.15, 0.2) is 42.4 Å². The molecule has 122 valence electrons. The van der Waals surface area contributed by atoms with Gasteiger partial charge in [0.05, 0.1) is 17.8 Å². The summed E-state index contributed by atoms with van der Waals surface area (Å²) in [6, 6.07) is 3.60. The molecule has 0 aliphatic carbocycles. The molecule has 0 spiro atoms. The zero-order valence-electron chi connectivity index (χ0n) is 12.7. The highest BCUT2D eigenvalue weighted by Gasteiger charge is 2.15. The maximum atomic E-state index is 12.4. The van der Waals surface area contributed by atoms with Gasteiger partial charge in [0.2, 0.25) is 5.88 Å². The molecule has 0 bridgehead atoms. The third-order valence-corrected chi connectivity index (χ3v) is 4.42. The van der Waals surface area contributed by atoms with Crippen LogP contribution in [0.4, 0.5) is 0 Å². The Morgan fingerprint density at radius 3 is 2.96 bits per heavy atom. The number of hydrogen-bond donors (Lipinski definition) is 1. The zero-order valence-corrected chi connectivity index (χ0v) is 14.3. The van der Waals surface area contributed by atoms with E-state index in [1.807, 2.05) is 18.4 Å². The third-order valence-electron chi connectivity index (χ3n) is 3.19. The second-order valence-corrected chi connectivity index (χ2v) is 6.33. The first kappa shape index (κ1) is 16.4. The molecule has 3 aromatic rings. The van der Waals surface area contributed by atoms with Crippen molar-refractivity contribution in [2.24, 2.45) is 0 Å². The Balaban J connectivity index is 1.75. The fourth-order valence-electron chi connectivity index (χ4n) is 1.96. The average molecular weight is 361 g/mol. The lowest BCUT2D eigenvalue weighted by Gasteiger charge is -2.09. The van der Waals surface area contributed by atoms with E-state index < -0.39 is 0 Å². The van der Waals surface area contributed by atoms with Gasteiger partial charge in [0.25, 0.3) is 5.91 Å². The number of carbonyl (C=O) groups is 1. The van der Waals surface area contributed by atoms with Crippen LogP contribution in [0, 0.1) is 6.92 Å². The number of aromatic nitrogens is 3. The molecular formula is C16H13ClN4O2S. The normalized spacial score (nSPS) is 10.4. The molecular weight excluding hydrogens is 348 g/mol. The summed E-state index contributed by atoms with van der Waals surface area (Å²) < 4.78 is 5.62. The van der Waals surface area contributed by atoms with E-state index >= 15 is 0 Å². The highest BCUT2D eigenvalue weighted by atomic mass is 35.5. The van der Waals surface area contributed by atoms with E-state index in [2.05, 4.69) is 20.3 Å². The van der Waals surface area contributed by atoms with Crippen LogP contribution >= 0.6 is 22.9 Å². The molecule has 3 rings (SSSR count). The minimum atomic E-state index is -0.312. The van der Waals surface area contributed by atoms with Crippen molar-refractivity contribution in [3.8, 4) is 11.6 Å². The van der Waals surface area contributed by atoms with Crippen molar-refractivity contribution in [1.82, 2.24) is 20.3 Å². The molecule has 0 saturated carbocycles. The lowest BCUT2D eigenvalue weighted by molar-refractivity contribution is 0.0948. The van der Waals surface area contributed by atoms with E-state index in [4.69, 9.17) is 16.3 Å². The Kier molecular flexibility index (Phi) is 5.02. The number of thiophene rings is 1. The number of rotatable bonds is 5. The first-order valence-electron chi connectivity index (χ1n) is 7.03. The van der Waals surface area contributed by atoms with Gasteiger partial charge in [-0.15, -0.1) is 11.3 Å². The standard InChI is InChI=1S/C16H13ClN4O2S/c1-10-2-3-24-14(10)8-20-15(22)13-7-19-9-21-16(13)23-12-4-11(17)5-18-6-12/h2-7,9H,8H2,1H3,(H,20,22). The minimum absolute atomic E-state index is 0.148. The van der Waals surface area contributed by atoms with Crippen molar-refractivity contribution < 1.29 is 9.53 Å². The summed E-state index contributed by atoms with van der Waals surface area (Å²) in [5, 5.41) is 5.27. The number of ether oxygens (including phenoxy) is 1. The topological polar surface area (TPSA) is 77.0 Å². The summed E-state index contributed by atoms with van der Waals surface area (Å²) >= 11 is 7.48. The van der Waals surface area contributed by atoms with Crippen LogP contribution < -0.4 is 10.1 Å². The molecule has 0 radical (unpaired) electrons. The maximum absolute atomic E-state index is 12.4. The number of hydrogen-bond acceptors (Lipinski definition) is 6. The maximum Gasteiger partial charge on any atom is 0.258 e. The van der Waals surface area contributed by atoms with E-state index in [0.29, 0.717) is 17.3 Å². The Bertz CT molecular complexity index is 869. The van der Waals surface area contributed by atoms with Crippen molar-refractivity contribution in [3.05, 3.63) is 63.5 Å². The van der Waals surface area contributed by atoms with Crippen molar-refractivity contribution in [2.75, 3.05) is 0 Å². The molecule has 0 aliphatic heterocycles.